The van der Waals surface area contributed by atoms with Crippen molar-refractivity contribution in [3.05, 3.63) is 64.7 Å². The van der Waals surface area contributed by atoms with E-state index in [0.717, 1.165) is 0 Å². The molecule has 0 aliphatic heterocycles. The van der Waals surface area contributed by atoms with Crippen LogP contribution >= 0.6 is 11.6 Å². The van der Waals surface area contributed by atoms with Crippen LogP contribution in [0, 0.1) is 0 Å². The molecule has 0 saturated carbocycles. The van der Waals surface area contributed by atoms with Crippen LogP contribution in [0.15, 0.2) is 53.4 Å². The maximum absolute atomic E-state index is 11.9. The number of nitrogens with two attached hydrogens (primary N) is 1. The van der Waals surface area contributed by atoms with Crippen molar-refractivity contribution < 1.29 is 22.7 Å². The molecule has 2 rings (SSSR count). The van der Waals surface area contributed by atoms with Gasteiger partial charge in [-0.15, -0.1) is 0 Å². The fourth-order valence-corrected chi connectivity index (χ4v) is 2.88. The molecular weight excluding hydrogens is 380 g/mol. The second-order valence-electron chi connectivity index (χ2n) is 5.46. The van der Waals surface area contributed by atoms with Crippen LogP contribution in [0.1, 0.15) is 28.9 Å². The molecule has 0 spiro atoms. The highest BCUT2D eigenvalue weighted by Gasteiger charge is 2.15. The second-order valence-corrected chi connectivity index (χ2v) is 7.43. The first-order chi connectivity index (χ1) is 12.2. The first-order valence-corrected chi connectivity index (χ1v) is 9.44. The summed E-state index contributed by atoms with van der Waals surface area (Å²) in [4.78, 5) is 23.8. The van der Waals surface area contributed by atoms with Crippen molar-refractivity contribution in [3.63, 3.8) is 0 Å². The number of amides is 1. The van der Waals surface area contributed by atoms with Crippen LogP contribution in [-0.2, 0) is 19.6 Å². The molecule has 0 bridgehead atoms. The lowest BCUT2D eigenvalue weighted by molar-refractivity contribution is -0.124. The number of rotatable bonds is 6. The molecule has 0 aliphatic carbocycles. The molecular formula is C17H17ClN2O5S. The zero-order valence-corrected chi connectivity index (χ0v) is 15.4. The molecule has 0 heterocycles. The summed E-state index contributed by atoms with van der Waals surface area (Å²) in [5, 5.41) is 7.92. The van der Waals surface area contributed by atoms with Crippen LogP contribution in [0.25, 0.3) is 0 Å². The Bertz CT molecular complexity index is 913. The fourth-order valence-electron chi connectivity index (χ4n) is 2.15. The molecule has 2 aromatic rings. The lowest BCUT2D eigenvalue weighted by Crippen LogP contribution is -2.31. The van der Waals surface area contributed by atoms with E-state index in [1.807, 2.05) is 0 Å². The number of halogens is 1. The van der Waals surface area contributed by atoms with Crippen LogP contribution in [0.4, 0.5) is 0 Å². The highest BCUT2D eigenvalue weighted by atomic mass is 35.5. The molecule has 0 unspecified atom stereocenters. The summed E-state index contributed by atoms with van der Waals surface area (Å²) < 4.78 is 27.4. The van der Waals surface area contributed by atoms with Gasteiger partial charge >= 0.3 is 5.97 Å². The zero-order chi connectivity index (χ0) is 19.3. The Morgan fingerprint density at radius 2 is 1.77 bits per heavy atom. The number of hydrogen-bond acceptors (Lipinski definition) is 5. The molecule has 9 heteroatoms. The number of carbonyl (C=O) groups excluding carboxylic acids is 2. The van der Waals surface area contributed by atoms with Gasteiger partial charge in [-0.1, -0.05) is 35.9 Å². The van der Waals surface area contributed by atoms with Crippen molar-refractivity contribution in [2.75, 3.05) is 6.61 Å². The lowest BCUT2D eigenvalue weighted by atomic mass is 10.1. The molecule has 0 aliphatic rings. The summed E-state index contributed by atoms with van der Waals surface area (Å²) in [5.41, 5.74) is 0.844. The maximum Gasteiger partial charge on any atom is 0.340 e. The highest BCUT2D eigenvalue weighted by molar-refractivity contribution is 7.89. The Morgan fingerprint density at radius 3 is 2.35 bits per heavy atom. The minimum absolute atomic E-state index is 0.0200. The predicted octanol–water partition coefficient (Wildman–Crippen LogP) is 2.02. The van der Waals surface area contributed by atoms with Gasteiger partial charge in [0.1, 0.15) is 0 Å². The van der Waals surface area contributed by atoms with Gasteiger partial charge in [0.2, 0.25) is 10.0 Å². The van der Waals surface area contributed by atoms with E-state index in [2.05, 4.69) is 5.32 Å². The van der Waals surface area contributed by atoms with E-state index in [-0.39, 0.29) is 15.5 Å². The summed E-state index contributed by atoms with van der Waals surface area (Å²) in [6.45, 7) is 1.24. The number of esters is 1. The minimum atomic E-state index is -3.77. The second kappa shape index (κ2) is 8.31. The van der Waals surface area contributed by atoms with Gasteiger partial charge in [-0.25, -0.2) is 18.4 Å². The Kier molecular flexibility index (Phi) is 6.36. The van der Waals surface area contributed by atoms with Crippen molar-refractivity contribution in [2.24, 2.45) is 5.14 Å². The van der Waals surface area contributed by atoms with Crippen LogP contribution in [-0.4, -0.2) is 26.9 Å². The average Bonchev–Trinajstić information content (AvgIpc) is 2.59. The van der Waals surface area contributed by atoms with Gasteiger partial charge in [-0.3, -0.25) is 4.79 Å². The standard InChI is InChI=1S/C17H17ClN2O5S/c1-11(12-6-8-13(9-7-12)26(19,23)24)20-16(21)10-25-17(22)14-4-2-3-5-15(14)18/h2-9,11H,10H2,1H3,(H,20,21)(H2,19,23,24)/t11-/m0/s1. The van der Waals surface area contributed by atoms with E-state index >= 15 is 0 Å². The monoisotopic (exact) mass is 396 g/mol. The normalized spacial score (nSPS) is 12.3. The first-order valence-electron chi connectivity index (χ1n) is 7.52. The molecule has 2 aromatic carbocycles. The topological polar surface area (TPSA) is 116 Å². The van der Waals surface area contributed by atoms with E-state index in [4.69, 9.17) is 21.5 Å². The van der Waals surface area contributed by atoms with Crippen molar-refractivity contribution in [1.29, 1.82) is 0 Å². The van der Waals surface area contributed by atoms with Crippen LogP contribution < -0.4 is 10.5 Å². The lowest BCUT2D eigenvalue weighted by Gasteiger charge is -2.15. The van der Waals surface area contributed by atoms with E-state index in [1.165, 1.54) is 18.2 Å². The number of nitrogens with one attached hydrogen (secondary N) is 1. The highest BCUT2D eigenvalue weighted by Crippen LogP contribution is 2.17. The van der Waals surface area contributed by atoms with E-state index in [0.29, 0.717) is 5.56 Å². The number of sulfonamides is 1. The molecule has 1 atom stereocenters. The van der Waals surface area contributed by atoms with Gasteiger partial charge in [0.15, 0.2) is 6.61 Å². The Labute approximate surface area is 156 Å². The molecule has 0 aromatic heterocycles. The van der Waals surface area contributed by atoms with Crippen molar-refractivity contribution in [1.82, 2.24) is 5.32 Å². The Hall–Kier alpha value is -2.42. The van der Waals surface area contributed by atoms with Crippen molar-refractivity contribution in [3.8, 4) is 0 Å². The number of ether oxygens (including phenoxy) is 1. The summed E-state index contributed by atoms with van der Waals surface area (Å²) >= 11 is 5.89. The largest absolute Gasteiger partial charge is 0.452 e. The number of primary sulfonamides is 1. The van der Waals surface area contributed by atoms with Crippen LogP contribution in [0.2, 0.25) is 5.02 Å². The number of hydrogen-bond donors (Lipinski definition) is 2. The summed E-state index contributed by atoms with van der Waals surface area (Å²) in [5.74, 6) is -1.20. The molecule has 26 heavy (non-hydrogen) atoms. The fraction of sp³-hybridized carbons (Fsp3) is 0.176. The molecule has 7 nitrogen and oxygen atoms in total. The van der Waals surface area contributed by atoms with Gasteiger partial charge in [0.05, 0.1) is 21.5 Å². The van der Waals surface area contributed by atoms with Gasteiger partial charge < -0.3 is 10.1 Å². The zero-order valence-electron chi connectivity index (χ0n) is 13.8. The number of carbonyl (C=O) groups is 2. The van der Waals surface area contributed by atoms with Crippen LogP contribution in [0.5, 0.6) is 0 Å². The van der Waals surface area contributed by atoms with E-state index in [9.17, 15) is 18.0 Å². The Balaban J connectivity index is 1.91. The third-order valence-corrected chi connectivity index (χ3v) is 4.77. The summed E-state index contributed by atoms with van der Waals surface area (Å²) in [6.07, 6.45) is 0. The summed E-state index contributed by atoms with van der Waals surface area (Å²) in [7, 11) is -3.77. The molecule has 3 N–H and O–H groups in total. The van der Waals surface area contributed by atoms with Gasteiger partial charge in [0.25, 0.3) is 5.91 Å². The van der Waals surface area contributed by atoms with Crippen molar-refractivity contribution >= 4 is 33.5 Å². The van der Waals surface area contributed by atoms with E-state index < -0.39 is 34.5 Å². The molecule has 0 fully saturated rings. The molecule has 0 saturated heterocycles. The molecule has 138 valence electrons. The third-order valence-electron chi connectivity index (χ3n) is 3.51. The maximum atomic E-state index is 11.9. The number of benzene rings is 2. The minimum Gasteiger partial charge on any atom is -0.452 e. The van der Waals surface area contributed by atoms with E-state index in [1.54, 1.807) is 37.3 Å². The predicted molar refractivity (Wildman–Crippen MR) is 96.1 cm³/mol. The van der Waals surface area contributed by atoms with Crippen LogP contribution in [0.3, 0.4) is 0 Å². The van der Waals surface area contributed by atoms with Crippen molar-refractivity contribution in [2.45, 2.75) is 17.9 Å². The smallest absolute Gasteiger partial charge is 0.340 e. The Morgan fingerprint density at radius 1 is 1.15 bits per heavy atom. The molecule has 1 amide bonds. The molecule has 0 radical (unpaired) electrons. The first kappa shape index (κ1) is 19.9. The quantitative estimate of drug-likeness (QED) is 0.724. The summed E-state index contributed by atoms with van der Waals surface area (Å²) in [6, 6.07) is 11.7. The van der Waals surface area contributed by atoms with Gasteiger partial charge in [-0.05, 0) is 36.8 Å². The van der Waals surface area contributed by atoms with Gasteiger partial charge in [-0.2, -0.15) is 0 Å². The van der Waals surface area contributed by atoms with Gasteiger partial charge in [0, 0.05) is 0 Å². The third kappa shape index (κ3) is 5.29. The SMILES string of the molecule is C[C@H](NC(=O)COC(=O)c1ccccc1Cl)c1ccc(S(N)(=O)=O)cc1. The average molecular weight is 397 g/mol.